The first-order chi connectivity index (χ1) is 8.25. The summed E-state index contributed by atoms with van der Waals surface area (Å²) < 4.78 is 5.46. The van der Waals surface area contributed by atoms with Gasteiger partial charge in [0, 0.05) is 19.6 Å². The van der Waals surface area contributed by atoms with Gasteiger partial charge in [-0.1, -0.05) is 0 Å². The number of piperidine rings is 1. The highest BCUT2D eigenvalue weighted by Gasteiger charge is 2.24. The average Bonchev–Trinajstić information content (AvgIpc) is 2.82. The standard InChI is InChI=1S/C12H20N2O3/c15-11(6-5-9-3-2-8-17-9)14-10-4-1-7-13-12(10)16/h9-10H,1-8H2,(H,13,16)(H,14,15). The van der Waals surface area contributed by atoms with Gasteiger partial charge in [0.05, 0.1) is 6.10 Å². The van der Waals surface area contributed by atoms with Crippen LogP contribution < -0.4 is 10.6 Å². The molecule has 2 unspecified atom stereocenters. The number of hydrogen-bond acceptors (Lipinski definition) is 3. The van der Waals surface area contributed by atoms with Crippen molar-refractivity contribution in [2.75, 3.05) is 13.2 Å². The lowest BCUT2D eigenvalue weighted by Gasteiger charge is -2.22. The van der Waals surface area contributed by atoms with E-state index in [0.29, 0.717) is 6.42 Å². The molecule has 0 aromatic rings. The van der Waals surface area contributed by atoms with Crippen LogP contribution in [0.5, 0.6) is 0 Å². The maximum atomic E-state index is 11.7. The quantitative estimate of drug-likeness (QED) is 0.744. The largest absolute Gasteiger partial charge is 0.378 e. The number of hydrogen-bond donors (Lipinski definition) is 2. The Balaban J connectivity index is 1.67. The predicted octanol–water partition coefficient (Wildman–Crippen LogP) is 0.340. The van der Waals surface area contributed by atoms with Crippen LogP contribution in [0.15, 0.2) is 0 Å². The van der Waals surface area contributed by atoms with Gasteiger partial charge in [0.25, 0.3) is 0 Å². The molecule has 0 radical (unpaired) electrons. The fourth-order valence-electron chi connectivity index (χ4n) is 2.34. The zero-order valence-electron chi connectivity index (χ0n) is 10.0. The van der Waals surface area contributed by atoms with Crippen molar-refractivity contribution in [3.8, 4) is 0 Å². The Kier molecular flexibility index (Phi) is 4.36. The number of amides is 2. The van der Waals surface area contributed by atoms with E-state index in [1.165, 1.54) is 0 Å². The molecule has 2 atom stereocenters. The molecule has 0 spiro atoms. The Morgan fingerprint density at radius 1 is 1.41 bits per heavy atom. The molecule has 5 nitrogen and oxygen atoms in total. The zero-order chi connectivity index (χ0) is 12.1. The third-order valence-electron chi connectivity index (χ3n) is 3.34. The molecule has 2 saturated heterocycles. The van der Waals surface area contributed by atoms with Gasteiger partial charge in [-0.05, 0) is 32.1 Å². The minimum Gasteiger partial charge on any atom is -0.378 e. The van der Waals surface area contributed by atoms with E-state index in [0.717, 1.165) is 45.3 Å². The van der Waals surface area contributed by atoms with Crippen molar-refractivity contribution in [2.24, 2.45) is 0 Å². The average molecular weight is 240 g/mol. The highest BCUT2D eigenvalue weighted by Crippen LogP contribution is 2.16. The molecule has 0 aliphatic carbocycles. The highest BCUT2D eigenvalue weighted by molar-refractivity contribution is 5.88. The minimum atomic E-state index is -0.333. The van der Waals surface area contributed by atoms with Gasteiger partial charge in [-0.25, -0.2) is 0 Å². The molecule has 2 heterocycles. The summed E-state index contributed by atoms with van der Waals surface area (Å²) in [5, 5.41) is 5.54. The maximum absolute atomic E-state index is 11.7. The van der Waals surface area contributed by atoms with E-state index in [1.807, 2.05) is 0 Å². The second-order valence-corrected chi connectivity index (χ2v) is 4.73. The number of carbonyl (C=O) groups excluding carboxylic acids is 2. The molecule has 2 N–H and O–H groups in total. The lowest BCUT2D eigenvalue weighted by molar-refractivity contribution is -0.130. The number of carbonyl (C=O) groups is 2. The molecule has 2 fully saturated rings. The summed E-state index contributed by atoms with van der Waals surface area (Å²) in [6, 6.07) is -0.333. The van der Waals surface area contributed by atoms with E-state index >= 15 is 0 Å². The van der Waals surface area contributed by atoms with E-state index in [9.17, 15) is 9.59 Å². The van der Waals surface area contributed by atoms with Crippen molar-refractivity contribution in [1.29, 1.82) is 0 Å². The highest BCUT2D eigenvalue weighted by atomic mass is 16.5. The molecule has 2 amide bonds. The van der Waals surface area contributed by atoms with Crippen LogP contribution in [-0.2, 0) is 14.3 Å². The Morgan fingerprint density at radius 2 is 2.29 bits per heavy atom. The smallest absolute Gasteiger partial charge is 0.242 e. The summed E-state index contributed by atoms with van der Waals surface area (Å²) >= 11 is 0. The molecule has 96 valence electrons. The zero-order valence-corrected chi connectivity index (χ0v) is 10.0. The molecule has 5 heteroatoms. The Bertz CT molecular complexity index is 287. The second-order valence-electron chi connectivity index (χ2n) is 4.73. The summed E-state index contributed by atoms with van der Waals surface area (Å²) in [6.45, 7) is 1.54. The number of nitrogens with one attached hydrogen (secondary N) is 2. The van der Waals surface area contributed by atoms with E-state index in [4.69, 9.17) is 4.74 Å². The predicted molar refractivity (Wildman–Crippen MR) is 62.4 cm³/mol. The third-order valence-corrected chi connectivity index (χ3v) is 3.34. The number of rotatable bonds is 4. The maximum Gasteiger partial charge on any atom is 0.242 e. The molecule has 2 aliphatic heterocycles. The first-order valence-electron chi connectivity index (χ1n) is 6.44. The second kappa shape index (κ2) is 6.00. The van der Waals surface area contributed by atoms with Crippen molar-refractivity contribution in [3.63, 3.8) is 0 Å². The van der Waals surface area contributed by atoms with Gasteiger partial charge >= 0.3 is 0 Å². The van der Waals surface area contributed by atoms with E-state index in [1.54, 1.807) is 0 Å². The van der Waals surface area contributed by atoms with Crippen molar-refractivity contribution >= 4 is 11.8 Å². The van der Waals surface area contributed by atoms with E-state index in [2.05, 4.69) is 10.6 Å². The third kappa shape index (κ3) is 3.70. The van der Waals surface area contributed by atoms with Gasteiger partial charge < -0.3 is 15.4 Å². The minimum absolute atomic E-state index is 0.0393. The first kappa shape index (κ1) is 12.4. The molecule has 0 aromatic heterocycles. The first-order valence-corrected chi connectivity index (χ1v) is 6.44. The molecule has 17 heavy (non-hydrogen) atoms. The monoisotopic (exact) mass is 240 g/mol. The van der Waals surface area contributed by atoms with Gasteiger partial charge in [0.15, 0.2) is 0 Å². The number of ether oxygens (including phenoxy) is 1. The van der Waals surface area contributed by atoms with E-state index in [-0.39, 0.29) is 24.0 Å². The summed E-state index contributed by atoms with van der Waals surface area (Å²) in [4.78, 5) is 23.1. The molecule has 0 saturated carbocycles. The van der Waals surface area contributed by atoms with Gasteiger partial charge in [-0.3, -0.25) is 9.59 Å². The summed E-state index contributed by atoms with van der Waals surface area (Å²) in [7, 11) is 0. The SMILES string of the molecule is O=C(CCC1CCCO1)NC1CCCNC1=O. The summed E-state index contributed by atoms with van der Waals surface area (Å²) in [6.07, 6.45) is 5.28. The lowest BCUT2D eigenvalue weighted by atomic mass is 10.1. The van der Waals surface area contributed by atoms with Crippen molar-refractivity contribution in [2.45, 2.75) is 50.7 Å². The molecular weight excluding hydrogens is 220 g/mol. The summed E-state index contributed by atoms with van der Waals surface area (Å²) in [5.41, 5.74) is 0. The van der Waals surface area contributed by atoms with Crippen LogP contribution in [0.4, 0.5) is 0 Å². The van der Waals surface area contributed by atoms with Crippen LogP contribution in [0.2, 0.25) is 0 Å². The lowest BCUT2D eigenvalue weighted by Crippen LogP contribution is -2.50. The van der Waals surface area contributed by atoms with Gasteiger partial charge in [0.1, 0.15) is 6.04 Å². The van der Waals surface area contributed by atoms with Crippen molar-refractivity contribution < 1.29 is 14.3 Å². The molecule has 2 rings (SSSR count). The van der Waals surface area contributed by atoms with Gasteiger partial charge in [0.2, 0.25) is 11.8 Å². The van der Waals surface area contributed by atoms with Crippen LogP contribution >= 0.6 is 0 Å². The van der Waals surface area contributed by atoms with E-state index < -0.39 is 0 Å². The van der Waals surface area contributed by atoms with Crippen LogP contribution in [0.1, 0.15) is 38.5 Å². The topological polar surface area (TPSA) is 67.4 Å². The van der Waals surface area contributed by atoms with Crippen LogP contribution in [0, 0.1) is 0 Å². The fourth-order valence-corrected chi connectivity index (χ4v) is 2.34. The van der Waals surface area contributed by atoms with Crippen LogP contribution in [0.25, 0.3) is 0 Å². The Morgan fingerprint density at radius 3 is 3.00 bits per heavy atom. The van der Waals surface area contributed by atoms with Gasteiger partial charge in [-0.15, -0.1) is 0 Å². The molecule has 0 bridgehead atoms. The molecule has 2 aliphatic rings. The van der Waals surface area contributed by atoms with Crippen molar-refractivity contribution in [1.82, 2.24) is 10.6 Å². The van der Waals surface area contributed by atoms with Crippen molar-refractivity contribution in [3.05, 3.63) is 0 Å². The molecular formula is C12H20N2O3. The van der Waals surface area contributed by atoms with Gasteiger partial charge in [-0.2, -0.15) is 0 Å². The van der Waals surface area contributed by atoms with Crippen LogP contribution in [0.3, 0.4) is 0 Å². The Labute approximate surface area is 101 Å². The molecule has 0 aromatic carbocycles. The normalized spacial score (nSPS) is 28.8. The Hall–Kier alpha value is -1.10. The fraction of sp³-hybridized carbons (Fsp3) is 0.833. The van der Waals surface area contributed by atoms with Crippen LogP contribution in [-0.4, -0.2) is 37.1 Å². The summed E-state index contributed by atoms with van der Waals surface area (Å²) in [5.74, 6) is -0.0933.